The molecule has 6 rings (SSSR count). The molecule has 206 valence electrons. The molecule has 3 fully saturated rings. The predicted molar refractivity (Wildman–Crippen MR) is 157 cm³/mol. The van der Waals surface area contributed by atoms with E-state index in [2.05, 4.69) is 65.8 Å². The number of benzene rings is 1. The van der Waals surface area contributed by atoms with E-state index in [-0.39, 0.29) is 0 Å². The Balaban J connectivity index is 1.06. The van der Waals surface area contributed by atoms with Gasteiger partial charge >= 0.3 is 0 Å². The van der Waals surface area contributed by atoms with Gasteiger partial charge in [0.15, 0.2) is 0 Å². The lowest BCUT2D eigenvalue weighted by molar-refractivity contribution is 0.0587. The third-order valence-electron chi connectivity index (χ3n) is 8.07. The van der Waals surface area contributed by atoms with Gasteiger partial charge in [0, 0.05) is 69.3 Å². The molecule has 39 heavy (non-hydrogen) atoms. The zero-order valence-electron chi connectivity index (χ0n) is 22.7. The maximum Gasteiger partial charge on any atom is 0.229 e. The van der Waals surface area contributed by atoms with Crippen LogP contribution in [0.2, 0.25) is 0 Å². The van der Waals surface area contributed by atoms with Crippen LogP contribution >= 0.6 is 11.9 Å². The Hall–Kier alpha value is -2.85. The van der Waals surface area contributed by atoms with Crippen molar-refractivity contribution in [3.05, 3.63) is 60.4 Å². The highest BCUT2D eigenvalue weighted by Gasteiger charge is 2.27. The Kier molecular flexibility index (Phi) is 8.49. The first-order valence-electron chi connectivity index (χ1n) is 14.1. The van der Waals surface area contributed by atoms with Crippen molar-refractivity contribution in [1.82, 2.24) is 19.8 Å². The number of nitrogens with zero attached hydrogens (tertiary/aromatic N) is 5. The van der Waals surface area contributed by atoms with E-state index >= 15 is 0 Å². The average Bonchev–Trinajstić information content (AvgIpc) is 2.97. The molecular weight excluding hydrogens is 508 g/mol. The molecule has 2 aromatic heterocycles. The maximum atomic E-state index is 5.52. The Morgan fingerprint density at radius 3 is 2.49 bits per heavy atom. The maximum absolute atomic E-state index is 5.52. The molecule has 0 radical (unpaired) electrons. The molecule has 0 unspecified atom stereocenters. The van der Waals surface area contributed by atoms with Crippen molar-refractivity contribution in [2.24, 2.45) is 0 Å². The molecule has 0 amide bonds. The predicted octanol–water partition coefficient (Wildman–Crippen LogP) is 4.78. The van der Waals surface area contributed by atoms with Gasteiger partial charge in [0.25, 0.3) is 0 Å². The number of hydrogen-bond donors (Lipinski definition) is 1. The summed E-state index contributed by atoms with van der Waals surface area (Å²) in [5.41, 5.74) is 5.50. The first kappa shape index (κ1) is 26.4. The van der Waals surface area contributed by atoms with Crippen LogP contribution in [0.1, 0.15) is 24.8 Å². The highest BCUT2D eigenvalue weighted by Crippen LogP contribution is 2.33. The van der Waals surface area contributed by atoms with Crippen molar-refractivity contribution in [1.29, 1.82) is 0 Å². The van der Waals surface area contributed by atoms with E-state index in [4.69, 9.17) is 9.47 Å². The molecule has 3 aliphatic rings. The van der Waals surface area contributed by atoms with E-state index in [1.165, 1.54) is 63.0 Å². The Morgan fingerprint density at radius 1 is 0.974 bits per heavy atom. The van der Waals surface area contributed by atoms with E-state index in [0.29, 0.717) is 5.88 Å². The van der Waals surface area contributed by atoms with Crippen LogP contribution in [0.5, 0.6) is 5.88 Å². The summed E-state index contributed by atoms with van der Waals surface area (Å²) >= 11 is 1.50. The van der Waals surface area contributed by atoms with Crippen molar-refractivity contribution < 1.29 is 9.47 Å². The fraction of sp³-hybridized carbons (Fsp3) is 0.467. The molecule has 2 aliphatic heterocycles. The second-order valence-electron chi connectivity index (χ2n) is 10.5. The molecular formula is C30H38N6O2S. The first-order valence-corrected chi connectivity index (χ1v) is 14.9. The molecule has 3 aromatic rings. The van der Waals surface area contributed by atoms with Crippen LogP contribution in [0.25, 0.3) is 11.3 Å². The quantitative estimate of drug-likeness (QED) is 0.382. The number of rotatable bonds is 9. The van der Waals surface area contributed by atoms with Gasteiger partial charge in [0.1, 0.15) is 0 Å². The normalized spacial score (nSPS) is 19.1. The zero-order chi connectivity index (χ0) is 26.4. The Morgan fingerprint density at radius 2 is 1.77 bits per heavy atom. The van der Waals surface area contributed by atoms with Crippen LogP contribution in [0.15, 0.2) is 59.8 Å². The summed E-state index contributed by atoms with van der Waals surface area (Å²) in [5, 5.41) is 0. The molecule has 9 heteroatoms. The second kappa shape index (κ2) is 12.6. The van der Waals surface area contributed by atoms with Crippen molar-refractivity contribution in [2.45, 2.75) is 36.7 Å². The lowest BCUT2D eigenvalue weighted by Gasteiger charge is -2.43. The van der Waals surface area contributed by atoms with Crippen LogP contribution < -0.4 is 14.4 Å². The topological polar surface area (TPSA) is 66.0 Å². The largest absolute Gasteiger partial charge is 0.480 e. The summed E-state index contributed by atoms with van der Waals surface area (Å²) in [6, 6.07) is 15.9. The van der Waals surface area contributed by atoms with Crippen LogP contribution in [0.3, 0.4) is 0 Å². The summed E-state index contributed by atoms with van der Waals surface area (Å²) in [7, 11) is 1.66. The van der Waals surface area contributed by atoms with Gasteiger partial charge < -0.3 is 19.1 Å². The number of ether oxygens (including phenoxy) is 2. The summed E-state index contributed by atoms with van der Waals surface area (Å²) in [4.78, 5) is 17.7. The molecule has 0 spiro atoms. The minimum absolute atomic E-state index is 0.610. The van der Waals surface area contributed by atoms with Gasteiger partial charge in [-0.05, 0) is 48.6 Å². The number of pyridine rings is 2. The van der Waals surface area contributed by atoms with Gasteiger partial charge in [-0.1, -0.05) is 30.7 Å². The smallest absolute Gasteiger partial charge is 0.229 e. The number of methoxy groups -OCH3 is 1. The molecule has 1 N–H and O–H groups in total. The SMILES string of the molecule is COc1ncc(N2CCOCC2)cc1SNc1ccnc(-c2ccc(CN3CCN(C4CCC4)CC3)cc2)c1. The third kappa shape index (κ3) is 6.49. The number of aromatic nitrogens is 2. The minimum atomic E-state index is 0.610. The lowest BCUT2D eigenvalue weighted by atomic mass is 9.91. The fourth-order valence-corrected chi connectivity index (χ4v) is 6.24. The number of morpholine rings is 1. The van der Waals surface area contributed by atoms with Crippen LogP contribution in [-0.2, 0) is 11.3 Å². The fourth-order valence-electron chi connectivity index (χ4n) is 5.49. The number of nitrogens with one attached hydrogen (secondary N) is 1. The van der Waals surface area contributed by atoms with E-state index in [0.717, 1.165) is 66.4 Å². The summed E-state index contributed by atoms with van der Waals surface area (Å²) in [6.07, 6.45) is 7.95. The third-order valence-corrected chi connectivity index (χ3v) is 8.92. The average molecular weight is 547 g/mol. The minimum Gasteiger partial charge on any atom is -0.480 e. The van der Waals surface area contributed by atoms with Crippen molar-refractivity contribution >= 4 is 23.3 Å². The van der Waals surface area contributed by atoms with E-state index < -0.39 is 0 Å². The monoisotopic (exact) mass is 546 g/mol. The Bertz CT molecular complexity index is 1220. The first-order chi connectivity index (χ1) is 19.2. The van der Waals surface area contributed by atoms with Crippen LogP contribution in [0.4, 0.5) is 11.4 Å². The van der Waals surface area contributed by atoms with E-state index in [1.54, 1.807) is 7.11 Å². The Labute approximate surface area is 235 Å². The lowest BCUT2D eigenvalue weighted by Crippen LogP contribution is -2.51. The van der Waals surface area contributed by atoms with Crippen LogP contribution in [0, 0.1) is 0 Å². The highest BCUT2D eigenvalue weighted by atomic mass is 32.2. The summed E-state index contributed by atoms with van der Waals surface area (Å²) < 4.78 is 14.5. The standard InChI is InChI=1S/C30H38N6O2S/c1-37-30-29(20-27(21-32-30)36-15-17-38-18-16-36)39-33-25-9-10-31-28(19-25)24-7-5-23(6-8-24)22-34-11-13-35(14-12-34)26-3-2-4-26/h5-10,19-21,26H,2-4,11-18,22H2,1H3,(H,31,33). The van der Waals surface area contributed by atoms with Gasteiger partial charge in [-0.2, -0.15) is 0 Å². The number of anilines is 2. The molecule has 1 aromatic carbocycles. The number of hydrogen-bond acceptors (Lipinski definition) is 9. The van der Waals surface area contributed by atoms with E-state index in [1.807, 2.05) is 18.5 Å². The summed E-state index contributed by atoms with van der Waals surface area (Å²) in [5.74, 6) is 0.610. The van der Waals surface area contributed by atoms with Crippen molar-refractivity contribution in [3.63, 3.8) is 0 Å². The van der Waals surface area contributed by atoms with Crippen LogP contribution in [-0.4, -0.2) is 85.4 Å². The molecule has 8 nitrogen and oxygen atoms in total. The molecule has 4 heterocycles. The van der Waals surface area contributed by atoms with Gasteiger partial charge in [-0.25, -0.2) is 4.98 Å². The second-order valence-corrected chi connectivity index (χ2v) is 11.4. The van der Waals surface area contributed by atoms with Gasteiger partial charge in [-0.15, -0.1) is 0 Å². The van der Waals surface area contributed by atoms with Gasteiger partial charge in [0.2, 0.25) is 5.88 Å². The molecule has 1 saturated carbocycles. The zero-order valence-corrected chi connectivity index (χ0v) is 23.5. The van der Waals surface area contributed by atoms with Gasteiger partial charge in [-0.3, -0.25) is 14.8 Å². The van der Waals surface area contributed by atoms with Crippen molar-refractivity contribution in [3.8, 4) is 17.1 Å². The van der Waals surface area contributed by atoms with Gasteiger partial charge in [0.05, 0.1) is 42.8 Å². The highest BCUT2D eigenvalue weighted by molar-refractivity contribution is 8.00. The van der Waals surface area contributed by atoms with E-state index in [9.17, 15) is 0 Å². The molecule has 1 aliphatic carbocycles. The molecule has 0 atom stereocenters. The van der Waals surface area contributed by atoms with Crippen molar-refractivity contribution in [2.75, 3.05) is 69.2 Å². The molecule has 0 bridgehead atoms. The summed E-state index contributed by atoms with van der Waals surface area (Å²) in [6.45, 7) is 9.00. The molecule has 2 saturated heterocycles. The number of piperazine rings is 1.